The number of nitrogens with one attached hydrogen (secondary N) is 1. The molecule has 13 heavy (non-hydrogen) atoms. The Morgan fingerprint density at radius 3 is 3.08 bits per heavy atom. The van der Waals surface area contributed by atoms with Gasteiger partial charge in [-0.05, 0) is 19.8 Å². The van der Waals surface area contributed by atoms with E-state index in [1.807, 2.05) is 0 Å². The summed E-state index contributed by atoms with van der Waals surface area (Å²) in [7, 11) is 0. The second-order valence-corrected chi connectivity index (χ2v) is 3.20. The first-order valence-electron chi connectivity index (χ1n) is 4.67. The monoisotopic (exact) mass is 185 g/mol. The van der Waals surface area contributed by atoms with Crippen molar-refractivity contribution in [1.29, 1.82) is 0 Å². The zero-order valence-corrected chi connectivity index (χ0v) is 7.84. The molecular weight excluding hydrogens is 170 g/mol. The Morgan fingerprint density at radius 2 is 2.46 bits per heavy atom. The minimum absolute atomic E-state index is 0.0136. The maximum atomic E-state index is 11.0. The average molecular weight is 185 g/mol. The lowest BCUT2D eigenvalue weighted by molar-refractivity contribution is -0.120. The zero-order chi connectivity index (χ0) is 9.68. The van der Waals surface area contributed by atoms with Gasteiger partial charge in [-0.15, -0.1) is 0 Å². The summed E-state index contributed by atoms with van der Waals surface area (Å²) in [6.45, 7) is 2.12. The zero-order valence-electron chi connectivity index (χ0n) is 7.84. The number of carbonyl (C=O) groups excluding carboxylic acids is 2. The van der Waals surface area contributed by atoms with E-state index in [1.165, 1.54) is 0 Å². The molecule has 1 fully saturated rings. The third-order valence-electron chi connectivity index (χ3n) is 2.08. The van der Waals surface area contributed by atoms with Crippen molar-refractivity contribution in [3.05, 3.63) is 0 Å². The topological polar surface area (TPSA) is 55.4 Å². The lowest BCUT2D eigenvalue weighted by Gasteiger charge is -2.21. The summed E-state index contributed by atoms with van der Waals surface area (Å²) in [5.74, 6) is 0.230. The van der Waals surface area contributed by atoms with Gasteiger partial charge >= 0.3 is 6.09 Å². The highest BCUT2D eigenvalue weighted by Gasteiger charge is 2.20. The van der Waals surface area contributed by atoms with Gasteiger partial charge in [-0.3, -0.25) is 4.79 Å². The molecule has 4 heteroatoms. The van der Waals surface area contributed by atoms with E-state index in [2.05, 4.69) is 5.32 Å². The highest BCUT2D eigenvalue weighted by molar-refractivity contribution is 5.80. The fraction of sp³-hybridized carbons (Fsp3) is 0.778. The Hall–Kier alpha value is -1.06. The summed E-state index contributed by atoms with van der Waals surface area (Å²) in [5.41, 5.74) is 0. The minimum atomic E-state index is -0.415. The summed E-state index contributed by atoms with van der Waals surface area (Å²) in [5, 5.41) is 2.67. The van der Waals surface area contributed by atoms with E-state index >= 15 is 0 Å². The van der Waals surface area contributed by atoms with Crippen molar-refractivity contribution < 1.29 is 14.3 Å². The smallest absolute Gasteiger partial charge is 0.407 e. The van der Waals surface area contributed by atoms with Crippen molar-refractivity contribution in [2.45, 2.75) is 38.6 Å². The van der Waals surface area contributed by atoms with Gasteiger partial charge in [-0.25, -0.2) is 4.79 Å². The minimum Gasteiger partial charge on any atom is -0.450 e. The molecule has 4 nitrogen and oxygen atoms in total. The SMILES string of the molecule is CCOC(=O)NC1CCCC(=O)C1. The molecule has 1 N–H and O–H groups in total. The summed E-state index contributed by atoms with van der Waals surface area (Å²) in [6.07, 6.45) is 2.45. The molecule has 1 unspecified atom stereocenters. The molecule has 74 valence electrons. The number of hydrogen-bond donors (Lipinski definition) is 1. The summed E-state index contributed by atoms with van der Waals surface area (Å²) in [4.78, 5) is 22.0. The van der Waals surface area contributed by atoms with Crippen LogP contribution in [0.4, 0.5) is 4.79 Å². The van der Waals surface area contributed by atoms with Crippen LogP contribution in [0.15, 0.2) is 0 Å². The maximum absolute atomic E-state index is 11.0. The van der Waals surface area contributed by atoms with Crippen LogP contribution in [0, 0.1) is 0 Å². The molecule has 0 aliphatic heterocycles. The van der Waals surface area contributed by atoms with Crippen LogP contribution >= 0.6 is 0 Å². The van der Waals surface area contributed by atoms with Crippen molar-refractivity contribution in [2.24, 2.45) is 0 Å². The Bertz CT molecular complexity index is 203. The van der Waals surface area contributed by atoms with Gasteiger partial charge < -0.3 is 10.1 Å². The average Bonchev–Trinajstić information content (AvgIpc) is 2.04. The molecule has 0 aromatic heterocycles. The van der Waals surface area contributed by atoms with Crippen LogP contribution in [-0.2, 0) is 9.53 Å². The highest BCUT2D eigenvalue weighted by Crippen LogP contribution is 2.14. The van der Waals surface area contributed by atoms with Crippen molar-refractivity contribution in [2.75, 3.05) is 6.61 Å². The van der Waals surface area contributed by atoms with Gasteiger partial charge in [-0.1, -0.05) is 0 Å². The molecule has 1 amide bonds. The first-order chi connectivity index (χ1) is 6.22. The quantitative estimate of drug-likeness (QED) is 0.704. The van der Waals surface area contributed by atoms with E-state index in [0.29, 0.717) is 19.4 Å². The third kappa shape index (κ3) is 3.44. The largest absolute Gasteiger partial charge is 0.450 e. The van der Waals surface area contributed by atoms with Gasteiger partial charge in [0.05, 0.1) is 6.61 Å². The highest BCUT2D eigenvalue weighted by atomic mass is 16.5. The van der Waals surface area contributed by atoms with E-state index in [0.717, 1.165) is 12.8 Å². The lowest BCUT2D eigenvalue weighted by atomic mass is 9.94. The van der Waals surface area contributed by atoms with Gasteiger partial charge in [0.2, 0.25) is 0 Å². The molecule has 0 spiro atoms. The van der Waals surface area contributed by atoms with Gasteiger partial charge in [0, 0.05) is 18.9 Å². The number of hydrogen-bond acceptors (Lipinski definition) is 3. The second-order valence-electron chi connectivity index (χ2n) is 3.20. The van der Waals surface area contributed by atoms with E-state index in [1.54, 1.807) is 6.92 Å². The number of ketones is 1. The van der Waals surface area contributed by atoms with E-state index in [-0.39, 0.29) is 11.8 Å². The van der Waals surface area contributed by atoms with Crippen molar-refractivity contribution in [3.63, 3.8) is 0 Å². The van der Waals surface area contributed by atoms with Crippen LogP contribution in [0.3, 0.4) is 0 Å². The molecule has 1 saturated carbocycles. The fourth-order valence-corrected chi connectivity index (χ4v) is 1.49. The molecule has 0 radical (unpaired) electrons. The Balaban J connectivity index is 2.27. The van der Waals surface area contributed by atoms with Crippen molar-refractivity contribution >= 4 is 11.9 Å². The van der Waals surface area contributed by atoms with Crippen LogP contribution in [0.25, 0.3) is 0 Å². The van der Waals surface area contributed by atoms with Crippen LogP contribution in [0.2, 0.25) is 0 Å². The third-order valence-corrected chi connectivity index (χ3v) is 2.08. The molecule has 1 rings (SSSR count). The standard InChI is InChI=1S/C9H15NO3/c1-2-13-9(12)10-7-4-3-5-8(11)6-7/h7H,2-6H2,1H3,(H,10,12). The molecule has 0 heterocycles. The predicted molar refractivity (Wildman–Crippen MR) is 47.4 cm³/mol. The number of Topliss-reactive ketones (excluding diaryl/α,β-unsaturated/α-hetero) is 1. The number of ether oxygens (including phenoxy) is 1. The molecule has 0 bridgehead atoms. The lowest BCUT2D eigenvalue weighted by Crippen LogP contribution is -2.38. The normalized spacial score (nSPS) is 22.5. The van der Waals surface area contributed by atoms with Crippen LogP contribution < -0.4 is 5.32 Å². The van der Waals surface area contributed by atoms with Gasteiger partial charge in [0.1, 0.15) is 5.78 Å². The summed E-state index contributed by atoms with van der Waals surface area (Å²) < 4.78 is 4.72. The number of rotatable bonds is 2. The number of amides is 1. The number of carbonyl (C=O) groups is 2. The van der Waals surface area contributed by atoms with E-state index in [4.69, 9.17) is 4.74 Å². The summed E-state index contributed by atoms with van der Waals surface area (Å²) >= 11 is 0. The first kappa shape index (κ1) is 10.0. The number of alkyl carbamates (subject to hydrolysis) is 1. The second kappa shape index (κ2) is 4.84. The Morgan fingerprint density at radius 1 is 1.69 bits per heavy atom. The molecule has 1 aliphatic carbocycles. The van der Waals surface area contributed by atoms with Gasteiger partial charge in [-0.2, -0.15) is 0 Å². The van der Waals surface area contributed by atoms with Crippen LogP contribution in [0.1, 0.15) is 32.6 Å². The van der Waals surface area contributed by atoms with Crippen molar-refractivity contribution in [1.82, 2.24) is 5.32 Å². The molecule has 0 aromatic rings. The first-order valence-corrected chi connectivity index (χ1v) is 4.67. The van der Waals surface area contributed by atoms with Gasteiger partial charge in [0.15, 0.2) is 0 Å². The molecule has 0 saturated heterocycles. The van der Waals surface area contributed by atoms with E-state index < -0.39 is 6.09 Å². The molecular formula is C9H15NO3. The maximum Gasteiger partial charge on any atom is 0.407 e. The van der Waals surface area contributed by atoms with Crippen LogP contribution in [-0.4, -0.2) is 24.5 Å². The fourth-order valence-electron chi connectivity index (χ4n) is 1.49. The van der Waals surface area contributed by atoms with Crippen LogP contribution in [0.5, 0.6) is 0 Å². The summed E-state index contributed by atoms with van der Waals surface area (Å²) in [6, 6.07) is -0.0136. The Kier molecular flexibility index (Phi) is 3.73. The van der Waals surface area contributed by atoms with Crippen molar-refractivity contribution in [3.8, 4) is 0 Å². The molecule has 1 aliphatic rings. The Labute approximate surface area is 77.6 Å². The molecule has 0 aromatic carbocycles. The van der Waals surface area contributed by atoms with E-state index in [9.17, 15) is 9.59 Å². The predicted octanol–water partition coefficient (Wildman–Crippen LogP) is 1.24. The van der Waals surface area contributed by atoms with Gasteiger partial charge in [0.25, 0.3) is 0 Å². The molecule has 1 atom stereocenters.